The van der Waals surface area contributed by atoms with Gasteiger partial charge in [0, 0.05) is 26.1 Å². The van der Waals surface area contributed by atoms with E-state index in [9.17, 15) is 13.2 Å². The molecule has 1 heterocycles. The van der Waals surface area contributed by atoms with Crippen molar-refractivity contribution in [1.82, 2.24) is 9.62 Å². The topological polar surface area (TPSA) is 84.9 Å². The van der Waals surface area contributed by atoms with Gasteiger partial charge >= 0.3 is 0 Å². The third kappa shape index (κ3) is 5.98. The number of sulfonamides is 1. The Balaban J connectivity index is 1.42. The standard InChI is InChI=1S/C23H30N2O5S/c1-29-21-9-8-18(16-22(21)30-2)10-13-24-23(26)17-19-11-14-25(15-12-19)31(27,28)20-6-4-3-5-7-20/h3-9,16,19H,10-15,17H2,1-2H3,(H,24,26). The highest BCUT2D eigenvalue weighted by Crippen LogP contribution is 2.28. The highest BCUT2D eigenvalue weighted by Gasteiger charge is 2.29. The van der Waals surface area contributed by atoms with Crippen LogP contribution in [0, 0.1) is 5.92 Å². The van der Waals surface area contributed by atoms with E-state index in [4.69, 9.17) is 9.47 Å². The summed E-state index contributed by atoms with van der Waals surface area (Å²) in [7, 11) is -0.262. The minimum absolute atomic E-state index is 0.00448. The lowest BCUT2D eigenvalue weighted by molar-refractivity contribution is -0.122. The summed E-state index contributed by atoms with van der Waals surface area (Å²) in [5.41, 5.74) is 1.05. The second kappa shape index (κ2) is 10.6. The van der Waals surface area contributed by atoms with Crippen LogP contribution in [0.5, 0.6) is 11.5 Å². The van der Waals surface area contributed by atoms with E-state index in [0.717, 1.165) is 5.56 Å². The molecule has 168 valence electrons. The van der Waals surface area contributed by atoms with E-state index in [1.165, 1.54) is 4.31 Å². The zero-order valence-electron chi connectivity index (χ0n) is 18.0. The highest BCUT2D eigenvalue weighted by atomic mass is 32.2. The summed E-state index contributed by atoms with van der Waals surface area (Å²) in [5.74, 6) is 1.55. The van der Waals surface area contributed by atoms with E-state index in [1.54, 1.807) is 44.6 Å². The summed E-state index contributed by atoms with van der Waals surface area (Å²) in [4.78, 5) is 12.7. The maximum Gasteiger partial charge on any atom is 0.243 e. The summed E-state index contributed by atoms with van der Waals surface area (Å²) >= 11 is 0. The van der Waals surface area contributed by atoms with Gasteiger partial charge in [0.2, 0.25) is 15.9 Å². The van der Waals surface area contributed by atoms with Crippen LogP contribution in [-0.4, -0.2) is 52.5 Å². The molecule has 0 atom stereocenters. The molecule has 8 heteroatoms. The van der Waals surface area contributed by atoms with Gasteiger partial charge in [-0.1, -0.05) is 24.3 Å². The van der Waals surface area contributed by atoms with E-state index in [0.29, 0.717) is 61.7 Å². The van der Waals surface area contributed by atoms with E-state index < -0.39 is 10.0 Å². The summed E-state index contributed by atoms with van der Waals surface area (Å²) in [6.07, 6.45) is 2.50. The van der Waals surface area contributed by atoms with Gasteiger partial charge in [0.25, 0.3) is 0 Å². The fraction of sp³-hybridized carbons (Fsp3) is 0.435. The van der Waals surface area contributed by atoms with Crippen molar-refractivity contribution >= 4 is 15.9 Å². The molecule has 0 spiro atoms. The van der Waals surface area contributed by atoms with Gasteiger partial charge < -0.3 is 14.8 Å². The molecule has 1 saturated heterocycles. The van der Waals surface area contributed by atoms with Gasteiger partial charge in [-0.05, 0) is 55.0 Å². The van der Waals surface area contributed by atoms with Crippen molar-refractivity contribution in [2.24, 2.45) is 5.92 Å². The number of methoxy groups -OCH3 is 2. The number of ether oxygens (including phenoxy) is 2. The molecule has 1 N–H and O–H groups in total. The summed E-state index contributed by atoms with van der Waals surface area (Å²) < 4.78 is 37.5. The van der Waals surface area contributed by atoms with E-state index in [-0.39, 0.29) is 11.8 Å². The maximum absolute atomic E-state index is 12.7. The van der Waals surface area contributed by atoms with Crippen LogP contribution in [0.15, 0.2) is 53.4 Å². The monoisotopic (exact) mass is 446 g/mol. The molecule has 0 bridgehead atoms. The molecule has 3 rings (SSSR count). The lowest BCUT2D eigenvalue weighted by atomic mass is 9.94. The van der Waals surface area contributed by atoms with Gasteiger partial charge in [-0.25, -0.2) is 8.42 Å². The van der Waals surface area contributed by atoms with Gasteiger partial charge in [0.1, 0.15) is 0 Å². The lowest BCUT2D eigenvalue weighted by Crippen LogP contribution is -2.39. The molecule has 0 radical (unpaired) electrons. The molecule has 1 amide bonds. The number of rotatable bonds is 9. The van der Waals surface area contributed by atoms with Crippen molar-refractivity contribution in [2.45, 2.75) is 30.6 Å². The lowest BCUT2D eigenvalue weighted by Gasteiger charge is -2.31. The number of carbonyl (C=O) groups excluding carboxylic acids is 1. The average Bonchev–Trinajstić information content (AvgIpc) is 2.80. The molecule has 1 aliphatic heterocycles. The molecular formula is C23H30N2O5S. The summed E-state index contributed by atoms with van der Waals surface area (Å²) in [6, 6.07) is 14.2. The van der Waals surface area contributed by atoms with E-state index in [1.807, 2.05) is 18.2 Å². The highest BCUT2D eigenvalue weighted by molar-refractivity contribution is 7.89. The number of amides is 1. The van der Waals surface area contributed by atoms with Crippen molar-refractivity contribution in [3.8, 4) is 11.5 Å². The molecule has 0 aromatic heterocycles. The molecule has 0 aliphatic carbocycles. The number of hydrogen-bond donors (Lipinski definition) is 1. The Kier molecular flexibility index (Phi) is 7.92. The Hall–Kier alpha value is -2.58. The third-order valence-corrected chi connectivity index (χ3v) is 7.53. The third-order valence-electron chi connectivity index (χ3n) is 5.61. The Labute approximate surface area is 184 Å². The van der Waals surface area contributed by atoms with Gasteiger partial charge in [-0.3, -0.25) is 4.79 Å². The van der Waals surface area contributed by atoms with Crippen LogP contribution in [0.2, 0.25) is 0 Å². The van der Waals surface area contributed by atoms with Crippen molar-refractivity contribution in [3.05, 3.63) is 54.1 Å². The van der Waals surface area contributed by atoms with Crippen LogP contribution in [0.4, 0.5) is 0 Å². The minimum Gasteiger partial charge on any atom is -0.493 e. The first kappa shape index (κ1) is 23.1. The molecular weight excluding hydrogens is 416 g/mol. The first-order chi connectivity index (χ1) is 14.9. The maximum atomic E-state index is 12.7. The fourth-order valence-corrected chi connectivity index (χ4v) is 5.30. The molecule has 0 unspecified atom stereocenters. The smallest absolute Gasteiger partial charge is 0.243 e. The van der Waals surface area contributed by atoms with Gasteiger partial charge in [0.15, 0.2) is 11.5 Å². The Bertz CT molecular complexity index is 971. The van der Waals surface area contributed by atoms with Gasteiger partial charge in [-0.2, -0.15) is 4.31 Å². The molecule has 2 aromatic carbocycles. The van der Waals surface area contributed by atoms with Crippen LogP contribution >= 0.6 is 0 Å². The van der Waals surface area contributed by atoms with Crippen LogP contribution < -0.4 is 14.8 Å². The van der Waals surface area contributed by atoms with Crippen LogP contribution in [0.1, 0.15) is 24.8 Å². The van der Waals surface area contributed by atoms with Crippen molar-refractivity contribution in [1.29, 1.82) is 0 Å². The van der Waals surface area contributed by atoms with Crippen molar-refractivity contribution in [3.63, 3.8) is 0 Å². The summed E-state index contributed by atoms with van der Waals surface area (Å²) in [6.45, 7) is 1.43. The molecule has 31 heavy (non-hydrogen) atoms. The number of piperidine rings is 1. The van der Waals surface area contributed by atoms with E-state index in [2.05, 4.69) is 5.32 Å². The molecule has 1 fully saturated rings. The summed E-state index contributed by atoms with van der Waals surface area (Å²) in [5, 5.41) is 2.97. The molecule has 1 aliphatic rings. The van der Waals surface area contributed by atoms with Crippen LogP contribution in [0.25, 0.3) is 0 Å². The second-order valence-corrected chi connectivity index (χ2v) is 9.59. The fourth-order valence-electron chi connectivity index (χ4n) is 3.81. The predicted octanol–water partition coefficient (Wildman–Crippen LogP) is 2.85. The van der Waals surface area contributed by atoms with Crippen molar-refractivity contribution < 1.29 is 22.7 Å². The molecule has 0 saturated carbocycles. The van der Waals surface area contributed by atoms with Crippen molar-refractivity contribution in [2.75, 3.05) is 33.9 Å². The predicted molar refractivity (Wildman–Crippen MR) is 119 cm³/mol. The Morgan fingerprint density at radius 1 is 1.03 bits per heavy atom. The number of nitrogens with zero attached hydrogens (tertiary/aromatic N) is 1. The molecule has 7 nitrogen and oxygen atoms in total. The molecule has 2 aromatic rings. The van der Waals surface area contributed by atoms with E-state index >= 15 is 0 Å². The Morgan fingerprint density at radius 2 is 1.71 bits per heavy atom. The van der Waals surface area contributed by atoms with Gasteiger partial charge in [-0.15, -0.1) is 0 Å². The first-order valence-corrected chi connectivity index (χ1v) is 11.9. The second-order valence-electron chi connectivity index (χ2n) is 7.65. The normalized spacial score (nSPS) is 15.4. The number of hydrogen-bond acceptors (Lipinski definition) is 5. The number of carbonyl (C=O) groups is 1. The largest absolute Gasteiger partial charge is 0.493 e. The quantitative estimate of drug-likeness (QED) is 0.640. The van der Waals surface area contributed by atoms with Crippen LogP contribution in [0.3, 0.4) is 0 Å². The average molecular weight is 447 g/mol. The first-order valence-electron chi connectivity index (χ1n) is 10.5. The Morgan fingerprint density at radius 3 is 2.35 bits per heavy atom. The zero-order chi connectivity index (χ0) is 22.3. The number of benzene rings is 2. The number of nitrogens with one attached hydrogen (secondary N) is 1. The van der Waals surface area contributed by atoms with Gasteiger partial charge in [0.05, 0.1) is 19.1 Å². The van der Waals surface area contributed by atoms with Crippen LogP contribution in [-0.2, 0) is 21.2 Å². The zero-order valence-corrected chi connectivity index (χ0v) is 18.9. The SMILES string of the molecule is COc1ccc(CCNC(=O)CC2CCN(S(=O)(=O)c3ccccc3)CC2)cc1OC. The minimum atomic E-state index is -3.46.